The van der Waals surface area contributed by atoms with Gasteiger partial charge < -0.3 is 4.42 Å². The van der Waals surface area contributed by atoms with Gasteiger partial charge in [0.1, 0.15) is 5.58 Å². The number of nitrogens with zero attached hydrogens (tertiary/aromatic N) is 1. The molecule has 0 radical (unpaired) electrons. The topological polar surface area (TPSA) is 54.0 Å². The highest BCUT2D eigenvalue weighted by Crippen LogP contribution is 2.17. The first kappa shape index (κ1) is 13.7. The van der Waals surface area contributed by atoms with Crippen LogP contribution in [-0.4, -0.2) is 0 Å². The quantitative estimate of drug-likeness (QED) is 0.470. The fourth-order valence-electron chi connectivity index (χ4n) is 2.18. The zero-order chi connectivity index (χ0) is 15.5. The number of rotatable bonds is 0. The molecule has 104 valence electrons. The van der Waals surface area contributed by atoms with Crippen LogP contribution in [0.5, 0.6) is 0 Å². The maximum atomic E-state index is 11.4. The van der Waals surface area contributed by atoms with Gasteiger partial charge in [-0.1, -0.05) is 11.8 Å². The first-order chi connectivity index (χ1) is 10.7. The van der Waals surface area contributed by atoms with Crippen LogP contribution >= 0.6 is 0 Å². The summed E-state index contributed by atoms with van der Waals surface area (Å²) in [4.78, 5) is 11.4. The highest BCUT2D eigenvalue weighted by molar-refractivity contribution is 5.81. The van der Waals surface area contributed by atoms with E-state index in [-0.39, 0.29) is 5.63 Å². The Bertz CT molecular complexity index is 1010. The van der Waals surface area contributed by atoms with Crippen LogP contribution in [0.4, 0.5) is 0 Å². The van der Waals surface area contributed by atoms with Crippen molar-refractivity contribution in [2.45, 2.75) is 6.92 Å². The number of hydrogen-bond donors (Lipinski definition) is 0. The fraction of sp³-hybridized carbons (Fsp3) is 0.0526. The predicted molar refractivity (Wildman–Crippen MR) is 84.4 cm³/mol. The first-order valence-corrected chi connectivity index (χ1v) is 6.72. The van der Waals surface area contributed by atoms with E-state index >= 15 is 0 Å². The second kappa shape index (κ2) is 5.60. The molecule has 0 N–H and O–H groups in total. The van der Waals surface area contributed by atoms with Crippen LogP contribution in [-0.2, 0) is 0 Å². The van der Waals surface area contributed by atoms with Crippen molar-refractivity contribution in [3.05, 3.63) is 81.2 Å². The lowest BCUT2D eigenvalue weighted by Gasteiger charge is -2.00. The van der Waals surface area contributed by atoms with Crippen molar-refractivity contribution in [2.24, 2.45) is 0 Å². The van der Waals surface area contributed by atoms with Gasteiger partial charge in [-0.25, -0.2) is 4.79 Å². The fourth-order valence-corrected chi connectivity index (χ4v) is 2.18. The molecular formula is C19H11NO2. The van der Waals surface area contributed by atoms with Gasteiger partial charge in [0.15, 0.2) is 0 Å². The van der Waals surface area contributed by atoms with Crippen molar-refractivity contribution in [3.8, 4) is 17.9 Å². The van der Waals surface area contributed by atoms with Crippen molar-refractivity contribution in [2.75, 3.05) is 0 Å². The van der Waals surface area contributed by atoms with Gasteiger partial charge in [-0.15, -0.1) is 0 Å². The van der Waals surface area contributed by atoms with Gasteiger partial charge in [-0.05, 0) is 55.0 Å². The van der Waals surface area contributed by atoms with E-state index in [0.717, 1.165) is 22.1 Å². The average Bonchev–Trinajstić information content (AvgIpc) is 2.53. The lowest BCUT2D eigenvalue weighted by atomic mass is 10.1. The molecular weight excluding hydrogens is 274 g/mol. The molecule has 0 bridgehead atoms. The third kappa shape index (κ3) is 2.75. The van der Waals surface area contributed by atoms with Gasteiger partial charge in [0, 0.05) is 22.6 Å². The molecule has 3 rings (SSSR count). The molecule has 0 unspecified atom stereocenters. The second-order valence-electron chi connectivity index (χ2n) is 4.90. The lowest BCUT2D eigenvalue weighted by Crippen LogP contribution is -1.97. The lowest BCUT2D eigenvalue weighted by molar-refractivity contribution is 0.560. The van der Waals surface area contributed by atoms with Gasteiger partial charge in [0.2, 0.25) is 0 Å². The number of aryl methyl sites for hydroxylation is 1. The highest BCUT2D eigenvalue weighted by atomic mass is 16.4. The molecule has 0 aliphatic carbocycles. The third-order valence-corrected chi connectivity index (χ3v) is 3.32. The van der Waals surface area contributed by atoms with Crippen LogP contribution < -0.4 is 5.63 Å². The van der Waals surface area contributed by atoms with E-state index in [2.05, 4.69) is 17.9 Å². The number of fused-ring (bicyclic) bond motifs is 1. The van der Waals surface area contributed by atoms with Gasteiger partial charge in [0.05, 0.1) is 11.6 Å². The molecule has 1 aromatic heterocycles. The molecule has 0 fully saturated rings. The van der Waals surface area contributed by atoms with Crippen LogP contribution in [0.3, 0.4) is 0 Å². The summed E-state index contributed by atoms with van der Waals surface area (Å²) >= 11 is 0. The average molecular weight is 285 g/mol. The zero-order valence-corrected chi connectivity index (χ0v) is 11.9. The first-order valence-electron chi connectivity index (χ1n) is 6.72. The largest absolute Gasteiger partial charge is 0.423 e. The van der Waals surface area contributed by atoms with E-state index in [1.165, 1.54) is 6.07 Å². The van der Waals surface area contributed by atoms with E-state index in [4.69, 9.17) is 9.68 Å². The SMILES string of the molecule is Cc1cc(=O)oc2cc(C#Cc3ccc(C#N)cc3)ccc12. The Kier molecular flexibility index (Phi) is 3.48. The van der Waals surface area contributed by atoms with Crippen molar-refractivity contribution in [1.29, 1.82) is 5.26 Å². The Morgan fingerprint density at radius 3 is 2.27 bits per heavy atom. The predicted octanol–water partition coefficient (Wildman–Crippen LogP) is 3.37. The summed E-state index contributed by atoms with van der Waals surface area (Å²) < 4.78 is 5.21. The molecule has 0 aliphatic heterocycles. The molecule has 2 aromatic carbocycles. The summed E-state index contributed by atoms with van der Waals surface area (Å²) in [5.74, 6) is 6.06. The van der Waals surface area contributed by atoms with E-state index in [1.807, 2.05) is 19.1 Å². The van der Waals surface area contributed by atoms with E-state index in [0.29, 0.717) is 11.1 Å². The summed E-state index contributed by atoms with van der Waals surface area (Å²) in [6.45, 7) is 1.88. The molecule has 22 heavy (non-hydrogen) atoms. The monoisotopic (exact) mass is 285 g/mol. The number of nitriles is 1. The van der Waals surface area contributed by atoms with Crippen molar-refractivity contribution in [3.63, 3.8) is 0 Å². The minimum atomic E-state index is -0.359. The summed E-state index contributed by atoms with van der Waals surface area (Å²) in [5, 5.41) is 9.67. The summed E-state index contributed by atoms with van der Waals surface area (Å²) in [6, 6.07) is 16.2. The second-order valence-corrected chi connectivity index (χ2v) is 4.90. The molecule has 0 spiro atoms. The van der Waals surface area contributed by atoms with Crippen molar-refractivity contribution in [1.82, 2.24) is 0 Å². The van der Waals surface area contributed by atoms with Gasteiger partial charge >= 0.3 is 5.63 Å². The van der Waals surface area contributed by atoms with E-state index in [9.17, 15) is 4.79 Å². The smallest absolute Gasteiger partial charge is 0.336 e. The summed E-state index contributed by atoms with van der Waals surface area (Å²) in [5.41, 5.74) is 3.26. The zero-order valence-electron chi connectivity index (χ0n) is 11.9. The Labute approximate surface area is 127 Å². The van der Waals surface area contributed by atoms with Crippen LogP contribution in [0.1, 0.15) is 22.3 Å². The highest BCUT2D eigenvalue weighted by Gasteiger charge is 2.02. The van der Waals surface area contributed by atoms with E-state index < -0.39 is 0 Å². The Morgan fingerprint density at radius 1 is 0.909 bits per heavy atom. The summed E-state index contributed by atoms with van der Waals surface area (Å²) in [7, 11) is 0. The van der Waals surface area contributed by atoms with Gasteiger partial charge in [-0.3, -0.25) is 0 Å². The summed E-state index contributed by atoms with van der Waals surface area (Å²) in [6.07, 6.45) is 0. The standard InChI is InChI=1S/C19H11NO2/c1-13-10-19(21)22-18-11-15(8-9-17(13)18)5-2-14-3-6-16(12-20)7-4-14/h3-4,6-11H,1H3. The molecule has 1 heterocycles. The molecule has 3 nitrogen and oxygen atoms in total. The minimum Gasteiger partial charge on any atom is -0.423 e. The number of benzene rings is 2. The van der Waals surface area contributed by atoms with Crippen LogP contribution in [0, 0.1) is 30.1 Å². The maximum Gasteiger partial charge on any atom is 0.336 e. The minimum absolute atomic E-state index is 0.359. The molecule has 0 saturated carbocycles. The molecule has 0 amide bonds. The van der Waals surface area contributed by atoms with Crippen molar-refractivity contribution < 1.29 is 4.42 Å². The molecule has 0 atom stereocenters. The third-order valence-electron chi connectivity index (χ3n) is 3.32. The Hall–Kier alpha value is -3.30. The molecule has 3 aromatic rings. The molecule has 3 heteroatoms. The molecule has 0 aliphatic rings. The molecule has 0 saturated heterocycles. The number of hydrogen-bond acceptors (Lipinski definition) is 3. The van der Waals surface area contributed by atoms with Crippen molar-refractivity contribution >= 4 is 11.0 Å². The van der Waals surface area contributed by atoms with Gasteiger partial charge in [0.25, 0.3) is 0 Å². The Balaban J connectivity index is 1.99. The van der Waals surface area contributed by atoms with Gasteiger partial charge in [-0.2, -0.15) is 5.26 Å². The van der Waals surface area contributed by atoms with Crippen LogP contribution in [0.2, 0.25) is 0 Å². The maximum absolute atomic E-state index is 11.4. The van der Waals surface area contributed by atoms with E-state index in [1.54, 1.807) is 30.3 Å². The van der Waals surface area contributed by atoms with Crippen LogP contribution in [0.15, 0.2) is 57.7 Å². The van der Waals surface area contributed by atoms with Crippen LogP contribution in [0.25, 0.3) is 11.0 Å². The normalized spacial score (nSPS) is 9.82. The Morgan fingerprint density at radius 2 is 1.55 bits per heavy atom.